The van der Waals surface area contributed by atoms with Gasteiger partial charge < -0.3 is 4.90 Å². The topological polar surface area (TPSA) is 63.5 Å². The molecule has 0 radical (unpaired) electrons. The van der Waals surface area contributed by atoms with Crippen LogP contribution < -0.4 is 4.90 Å². The van der Waals surface area contributed by atoms with Crippen LogP contribution in [0.3, 0.4) is 0 Å². The number of rotatable bonds is 3. The Hall–Kier alpha value is -0.950. The molecule has 5 nitrogen and oxygen atoms in total. The van der Waals surface area contributed by atoms with E-state index in [4.69, 9.17) is 0 Å². The van der Waals surface area contributed by atoms with E-state index in [1.165, 1.54) is 0 Å². The maximum atomic E-state index is 11.3. The Kier molecular flexibility index (Phi) is 4.34. The van der Waals surface area contributed by atoms with Crippen molar-refractivity contribution in [2.75, 3.05) is 29.5 Å². The number of nitrogens with zero attached hydrogens (tertiary/aromatic N) is 2. The van der Waals surface area contributed by atoms with Gasteiger partial charge in [0.2, 0.25) is 0 Å². The quantitative estimate of drug-likeness (QED) is 0.483. The minimum absolute atomic E-state index is 0.125. The highest BCUT2D eigenvalue weighted by molar-refractivity contribution is 9.08. The number of anilines is 1. The predicted octanol–water partition coefficient (Wildman–Crippen LogP) is 2.06. The Balaban J connectivity index is 2.31. The summed E-state index contributed by atoms with van der Waals surface area (Å²) in [6, 6.07) is 5.25. The standard InChI is InChI=1S/C11H13BrN2O3S/c12-8-9-1-2-10(11(7-9)14(15)16)13-3-5-18(17)6-4-13/h1-2,7H,3-6,8H2. The molecule has 0 atom stereocenters. The zero-order chi connectivity index (χ0) is 13.1. The molecule has 1 fully saturated rings. The monoisotopic (exact) mass is 332 g/mol. The summed E-state index contributed by atoms with van der Waals surface area (Å²) in [5.74, 6) is 1.16. The third-order valence-electron chi connectivity index (χ3n) is 2.91. The second-order valence-electron chi connectivity index (χ2n) is 4.05. The third-order valence-corrected chi connectivity index (χ3v) is 4.83. The van der Waals surface area contributed by atoms with Crippen molar-refractivity contribution in [3.05, 3.63) is 33.9 Å². The Morgan fingerprint density at radius 2 is 2.06 bits per heavy atom. The maximum Gasteiger partial charge on any atom is 0.292 e. The van der Waals surface area contributed by atoms with Crippen LogP contribution >= 0.6 is 15.9 Å². The molecular formula is C11H13BrN2O3S. The molecule has 7 heteroatoms. The molecule has 1 aromatic rings. The number of alkyl halides is 1. The molecule has 98 valence electrons. The molecule has 0 amide bonds. The van der Waals surface area contributed by atoms with Gasteiger partial charge in [-0.05, 0) is 11.6 Å². The van der Waals surface area contributed by atoms with Crippen molar-refractivity contribution in [1.29, 1.82) is 0 Å². The van der Waals surface area contributed by atoms with E-state index in [0.29, 0.717) is 35.6 Å². The van der Waals surface area contributed by atoms with Crippen LogP contribution in [0.15, 0.2) is 18.2 Å². The van der Waals surface area contributed by atoms with E-state index in [1.54, 1.807) is 12.1 Å². The first-order chi connectivity index (χ1) is 8.61. The lowest BCUT2D eigenvalue weighted by Gasteiger charge is -2.28. The van der Waals surface area contributed by atoms with Gasteiger partial charge in [0.05, 0.1) is 4.92 Å². The predicted molar refractivity (Wildman–Crippen MR) is 75.8 cm³/mol. The molecule has 1 aliphatic rings. The Morgan fingerprint density at radius 3 is 2.61 bits per heavy atom. The van der Waals surface area contributed by atoms with Crippen molar-refractivity contribution < 1.29 is 9.13 Å². The van der Waals surface area contributed by atoms with Gasteiger partial charge >= 0.3 is 0 Å². The van der Waals surface area contributed by atoms with Crippen LogP contribution in [0.4, 0.5) is 11.4 Å². The van der Waals surface area contributed by atoms with Crippen molar-refractivity contribution in [3.63, 3.8) is 0 Å². The summed E-state index contributed by atoms with van der Waals surface area (Å²) in [7, 11) is -0.777. The van der Waals surface area contributed by atoms with Crippen LogP contribution in [-0.2, 0) is 16.1 Å². The molecule has 0 aliphatic carbocycles. The lowest BCUT2D eigenvalue weighted by molar-refractivity contribution is -0.384. The number of hydrogen-bond donors (Lipinski definition) is 0. The van der Waals surface area contributed by atoms with E-state index in [-0.39, 0.29) is 10.6 Å². The third kappa shape index (κ3) is 2.89. The Labute approximate surface area is 116 Å². The van der Waals surface area contributed by atoms with E-state index >= 15 is 0 Å². The summed E-state index contributed by atoms with van der Waals surface area (Å²) in [6.07, 6.45) is 0. The van der Waals surface area contributed by atoms with Gasteiger partial charge in [0, 0.05) is 46.8 Å². The van der Waals surface area contributed by atoms with Crippen molar-refractivity contribution in [3.8, 4) is 0 Å². The van der Waals surface area contributed by atoms with Gasteiger partial charge in [-0.1, -0.05) is 22.0 Å². The largest absolute Gasteiger partial charge is 0.364 e. The van der Waals surface area contributed by atoms with Gasteiger partial charge in [0.25, 0.3) is 5.69 Å². The highest BCUT2D eigenvalue weighted by atomic mass is 79.9. The number of nitro groups is 1. The van der Waals surface area contributed by atoms with Crippen LogP contribution in [0.25, 0.3) is 0 Å². The summed E-state index contributed by atoms with van der Waals surface area (Å²) >= 11 is 3.29. The molecule has 0 spiro atoms. The Morgan fingerprint density at radius 1 is 1.39 bits per heavy atom. The van der Waals surface area contributed by atoms with Crippen molar-refractivity contribution in [2.24, 2.45) is 0 Å². The molecule has 18 heavy (non-hydrogen) atoms. The minimum Gasteiger partial charge on any atom is -0.364 e. The second-order valence-corrected chi connectivity index (χ2v) is 6.31. The normalized spacial score (nSPS) is 16.8. The molecule has 0 N–H and O–H groups in total. The van der Waals surface area contributed by atoms with Crippen molar-refractivity contribution >= 4 is 38.1 Å². The zero-order valence-corrected chi connectivity index (χ0v) is 12.1. The van der Waals surface area contributed by atoms with Gasteiger partial charge in [-0.15, -0.1) is 0 Å². The summed E-state index contributed by atoms with van der Waals surface area (Å²) in [5, 5.41) is 11.7. The van der Waals surface area contributed by atoms with Crippen molar-refractivity contribution in [2.45, 2.75) is 5.33 Å². The van der Waals surface area contributed by atoms with Crippen LogP contribution in [0, 0.1) is 10.1 Å². The molecular weight excluding hydrogens is 320 g/mol. The molecule has 1 aromatic carbocycles. The molecule has 0 saturated carbocycles. The number of halogens is 1. The van der Waals surface area contributed by atoms with E-state index in [1.807, 2.05) is 11.0 Å². The summed E-state index contributed by atoms with van der Waals surface area (Å²) in [5.41, 5.74) is 1.63. The molecule has 0 bridgehead atoms. The summed E-state index contributed by atoms with van der Waals surface area (Å²) in [4.78, 5) is 12.7. The summed E-state index contributed by atoms with van der Waals surface area (Å²) in [6.45, 7) is 1.22. The van der Waals surface area contributed by atoms with E-state index in [2.05, 4.69) is 15.9 Å². The van der Waals surface area contributed by atoms with Gasteiger partial charge in [-0.25, -0.2) is 0 Å². The number of benzene rings is 1. The molecule has 0 unspecified atom stereocenters. The number of hydrogen-bond acceptors (Lipinski definition) is 4. The average molecular weight is 333 g/mol. The van der Waals surface area contributed by atoms with Gasteiger partial charge in [-0.2, -0.15) is 0 Å². The SMILES string of the molecule is O=[N+]([O-])c1cc(CBr)ccc1N1CCS(=O)CC1. The number of nitro benzene ring substituents is 1. The first kappa shape index (κ1) is 13.5. The lowest BCUT2D eigenvalue weighted by Crippen LogP contribution is -2.38. The molecule has 0 aromatic heterocycles. The van der Waals surface area contributed by atoms with E-state index in [9.17, 15) is 14.3 Å². The first-order valence-electron chi connectivity index (χ1n) is 5.55. The minimum atomic E-state index is -0.777. The molecule has 1 aliphatic heterocycles. The van der Waals surface area contributed by atoms with Crippen LogP contribution in [0.2, 0.25) is 0 Å². The average Bonchev–Trinajstić information content (AvgIpc) is 2.39. The molecule has 1 saturated heterocycles. The van der Waals surface area contributed by atoms with Gasteiger partial charge in [0.1, 0.15) is 5.69 Å². The maximum absolute atomic E-state index is 11.3. The van der Waals surface area contributed by atoms with Crippen molar-refractivity contribution in [1.82, 2.24) is 0 Å². The smallest absolute Gasteiger partial charge is 0.292 e. The fourth-order valence-electron chi connectivity index (χ4n) is 1.94. The highest BCUT2D eigenvalue weighted by Gasteiger charge is 2.23. The fourth-order valence-corrected chi connectivity index (χ4v) is 3.35. The lowest BCUT2D eigenvalue weighted by atomic mass is 10.1. The summed E-state index contributed by atoms with van der Waals surface area (Å²) < 4.78 is 11.3. The highest BCUT2D eigenvalue weighted by Crippen LogP contribution is 2.30. The van der Waals surface area contributed by atoms with Gasteiger partial charge in [-0.3, -0.25) is 14.3 Å². The fraction of sp³-hybridized carbons (Fsp3) is 0.455. The van der Waals surface area contributed by atoms with E-state index < -0.39 is 10.8 Å². The molecule has 2 rings (SSSR count). The van der Waals surface area contributed by atoms with Gasteiger partial charge in [0.15, 0.2) is 0 Å². The Bertz CT molecular complexity index is 485. The zero-order valence-electron chi connectivity index (χ0n) is 9.67. The van der Waals surface area contributed by atoms with Crippen LogP contribution in [0.1, 0.15) is 5.56 Å². The van der Waals surface area contributed by atoms with Crippen LogP contribution in [-0.4, -0.2) is 33.7 Å². The molecule has 1 heterocycles. The first-order valence-corrected chi connectivity index (χ1v) is 8.16. The van der Waals surface area contributed by atoms with E-state index in [0.717, 1.165) is 5.56 Å². The second kappa shape index (κ2) is 5.79. The van der Waals surface area contributed by atoms with Crippen LogP contribution in [0.5, 0.6) is 0 Å².